The Morgan fingerprint density at radius 2 is 1.90 bits per heavy atom. The number of carbonyl (C=O) groups excluding carboxylic acids is 3. The maximum atomic E-state index is 13.9. The van der Waals surface area contributed by atoms with Crippen LogP contribution in [-0.2, 0) is 25.7 Å². The maximum absolute atomic E-state index is 13.9. The monoisotopic (exact) mass is 400 g/mol. The fraction of sp³-hybridized carbons (Fsp3) is 0.286. The van der Waals surface area contributed by atoms with Crippen LogP contribution in [0, 0.1) is 11.7 Å². The van der Waals surface area contributed by atoms with E-state index >= 15 is 0 Å². The molecule has 1 N–H and O–H groups in total. The molecule has 152 valence electrons. The van der Waals surface area contributed by atoms with Crippen LogP contribution in [0.4, 0.5) is 10.1 Å². The van der Waals surface area contributed by atoms with E-state index in [9.17, 15) is 18.8 Å². The van der Waals surface area contributed by atoms with Gasteiger partial charge >= 0.3 is 5.97 Å². The summed E-state index contributed by atoms with van der Waals surface area (Å²) in [7, 11) is 1.57. The van der Waals surface area contributed by atoms with Gasteiger partial charge in [-0.2, -0.15) is 0 Å². The Labute approximate surface area is 167 Å². The average Bonchev–Trinajstić information content (AvgIpc) is 3.12. The van der Waals surface area contributed by atoms with Gasteiger partial charge in [-0.25, -0.2) is 4.39 Å². The van der Waals surface area contributed by atoms with Crippen molar-refractivity contribution in [1.82, 2.24) is 5.32 Å². The van der Waals surface area contributed by atoms with Crippen LogP contribution >= 0.6 is 0 Å². The molecule has 1 heterocycles. The summed E-state index contributed by atoms with van der Waals surface area (Å²) >= 11 is 0. The molecule has 0 spiro atoms. The van der Waals surface area contributed by atoms with E-state index in [0.717, 1.165) is 5.56 Å². The molecule has 2 aromatic rings. The van der Waals surface area contributed by atoms with E-state index in [0.29, 0.717) is 5.75 Å². The summed E-state index contributed by atoms with van der Waals surface area (Å²) in [5, 5.41) is 2.65. The Hall–Kier alpha value is -3.42. The van der Waals surface area contributed by atoms with Crippen LogP contribution in [0.25, 0.3) is 0 Å². The molecular weight excluding hydrogens is 379 g/mol. The van der Waals surface area contributed by atoms with Crippen molar-refractivity contribution in [3.63, 3.8) is 0 Å². The first-order valence-electron chi connectivity index (χ1n) is 9.09. The van der Waals surface area contributed by atoms with E-state index < -0.39 is 30.2 Å². The third kappa shape index (κ3) is 5.10. The van der Waals surface area contributed by atoms with E-state index in [1.54, 1.807) is 25.3 Å². The normalized spacial score (nSPS) is 15.9. The predicted octanol–water partition coefficient (Wildman–Crippen LogP) is 2.05. The molecule has 0 saturated carbocycles. The van der Waals surface area contributed by atoms with Crippen LogP contribution in [0.1, 0.15) is 12.0 Å². The highest BCUT2D eigenvalue weighted by Crippen LogP contribution is 2.27. The second-order valence-corrected chi connectivity index (χ2v) is 6.59. The van der Waals surface area contributed by atoms with E-state index in [4.69, 9.17) is 9.47 Å². The first-order valence-corrected chi connectivity index (χ1v) is 9.09. The molecule has 0 radical (unpaired) electrons. The topological polar surface area (TPSA) is 84.9 Å². The van der Waals surface area contributed by atoms with Crippen molar-refractivity contribution in [2.45, 2.75) is 13.0 Å². The lowest BCUT2D eigenvalue weighted by Gasteiger charge is -2.17. The second kappa shape index (κ2) is 9.18. The Morgan fingerprint density at radius 3 is 2.59 bits per heavy atom. The van der Waals surface area contributed by atoms with Crippen molar-refractivity contribution in [2.24, 2.45) is 5.92 Å². The minimum atomic E-state index is -0.739. The molecule has 0 aliphatic carbocycles. The third-order valence-electron chi connectivity index (χ3n) is 4.60. The van der Waals surface area contributed by atoms with Crippen LogP contribution in [0.15, 0.2) is 48.5 Å². The Morgan fingerprint density at radius 1 is 1.17 bits per heavy atom. The molecule has 0 unspecified atom stereocenters. The lowest BCUT2D eigenvalue weighted by Crippen LogP contribution is -2.31. The van der Waals surface area contributed by atoms with Crippen molar-refractivity contribution < 1.29 is 28.2 Å². The molecule has 1 saturated heterocycles. The summed E-state index contributed by atoms with van der Waals surface area (Å²) in [4.78, 5) is 37.5. The van der Waals surface area contributed by atoms with Gasteiger partial charge in [0.25, 0.3) is 5.91 Å². The SMILES string of the molecule is COc1ccc(CNC(=O)COC(=O)[C@@H]2CC(=O)N(c3ccccc3F)C2)cc1. The van der Waals surface area contributed by atoms with Gasteiger partial charge < -0.3 is 19.7 Å². The van der Waals surface area contributed by atoms with Gasteiger partial charge in [-0.3, -0.25) is 14.4 Å². The number of nitrogens with one attached hydrogen (secondary N) is 1. The molecule has 8 heteroatoms. The van der Waals surface area contributed by atoms with E-state index in [2.05, 4.69) is 5.32 Å². The molecule has 0 bridgehead atoms. The number of carbonyl (C=O) groups is 3. The molecule has 1 aliphatic rings. The summed E-state index contributed by atoms with van der Waals surface area (Å²) in [5.41, 5.74) is 0.998. The Balaban J connectivity index is 1.46. The Kier molecular flexibility index (Phi) is 6.43. The number of halogens is 1. The lowest BCUT2D eigenvalue weighted by molar-refractivity contribution is -0.152. The standard InChI is InChI=1S/C21H21FN2O5/c1-28-16-8-6-14(7-9-16)11-23-19(25)13-29-21(27)15-10-20(26)24(12-15)18-5-3-2-4-17(18)22/h2-9,15H,10-13H2,1H3,(H,23,25)/t15-/m1/s1. The highest BCUT2D eigenvalue weighted by Gasteiger charge is 2.37. The van der Waals surface area contributed by atoms with Crippen molar-refractivity contribution >= 4 is 23.5 Å². The van der Waals surface area contributed by atoms with E-state index in [1.807, 2.05) is 12.1 Å². The molecule has 2 aromatic carbocycles. The molecule has 29 heavy (non-hydrogen) atoms. The number of nitrogens with zero attached hydrogens (tertiary/aromatic N) is 1. The molecular formula is C21H21FN2O5. The van der Waals surface area contributed by atoms with Gasteiger partial charge in [0.1, 0.15) is 11.6 Å². The van der Waals surface area contributed by atoms with Gasteiger partial charge in [-0.15, -0.1) is 0 Å². The molecule has 1 fully saturated rings. The Bertz CT molecular complexity index is 900. The number of para-hydroxylation sites is 1. The van der Waals surface area contributed by atoms with Crippen LogP contribution in [0.2, 0.25) is 0 Å². The van der Waals surface area contributed by atoms with Crippen molar-refractivity contribution in [1.29, 1.82) is 0 Å². The van der Waals surface area contributed by atoms with Crippen molar-refractivity contribution in [2.75, 3.05) is 25.2 Å². The maximum Gasteiger partial charge on any atom is 0.311 e. The zero-order valence-corrected chi connectivity index (χ0v) is 15.9. The number of methoxy groups -OCH3 is 1. The summed E-state index contributed by atoms with van der Waals surface area (Å²) in [6, 6.07) is 13.0. The second-order valence-electron chi connectivity index (χ2n) is 6.59. The van der Waals surface area contributed by atoms with Gasteiger partial charge in [0.2, 0.25) is 5.91 Å². The van der Waals surface area contributed by atoms with Gasteiger partial charge in [0.05, 0.1) is 18.7 Å². The fourth-order valence-corrected chi connectivity index (χ4v) is 3.02. The molecule has 0 aromatic heterocycles. The minimum absolute atomic E-state index is 0.0199. The van der Waals surface area contributed by atoms with Crippen LogP contribution < -0.4 is 15.0 Å². The predicted molar refractivity (Wildman–Crippen MR) is 103 cm³/mol. The van der Waals surface area contributed by atoms with Crippen LogP contribution in [0.3, 0.4) is 0 Å². The number of amides is 2. The van der Waals surface area contributed by atoms with Crippen molar-refractivity contribution in [3.05, 3.63) is 59.9 Å². The molecule has 2 amide bonds. The first-order chi connectivity index (χ1) is 14.0. The number of ether oxygens (including phenoxy) is 2. The number of hydrogen-bond acceptors (Lipinski definition) is 5. The smallest absolute Gasteiger partial charge is 0.311 e. The number of hydrogen-bond donors (Lipinski definition) is 1. The van der Waals surface area contributed by atoms with Crippen molar-refractivity contribution in [3.8, 4) is 5.75 Å². The number of anilines is 1. The summed E-state index contributed by atoms with van der Waals surface area (Å²) in [5.74, 6) is -2.03. The van der Waals surface area contributed by atoms with Gasteiger partial charge in [0, 0.05) is 19.5 Å². The third-order valence-corrected chi connectivity index (χ3v) is 4.60. The summed E-state index contributed by atoms with van der Waals surface area (Å²) in [6.07, 6.45) is -0.0827. The molecule has 3 rings (SSSR count). The highest BCUT2D eigenvalue weighted by molar-refractivity contribution is 5.99. The summed E-state index contributed by atoms with van der Waals surface area (Å²) in [6.45, 7) is -0.144. The fourth-order valence-electron chi connectivity index (χ4n) is 3.02. The summed E-state index contributed by atoms with van der Waals surface area (Å²) < 4.78 is 24.0. The average molecular weight is 400 g/mol. The number of benzene rings is 2. The minimum Gasteiger partial charge on any atom is -0.497 e. The number of rotatable bonds is 7. The molecule has 7 nitrogen and oxygen atoms in total. The van der Waals surface area contributed by atoms with Crippen LogP contribution in [-0.4, -0.2) is 38.0 Å². The zero-order valence-electron chi connectivity index (χ0n) is 15.9. The van der Waals surface area contributed by atoms with E-state index in [1.165, 1.54) is 23.1 Å². The van der Waals surface area contributed by atoms with Gasteiger partial charge in [-0.1, -0.05) is 24.3 Å². The highest BCUT2D eigenvalue weighted by atomic mass is 19.1. The molecule has 1 aliphatic heterocycles. The van der Waals surface area contributed by atoms with Gasteiger partial charge in [0.15, 0.2) is 6.61 Å². The number of esters is 1. The largest absolute Gasteiger partial charge is 0.497 e. The zero-order chi connectivity index (χ0) is 20.8. The quantitative estimate of drug-likeness (QED) is 0.719. The first kappa shape index (κ1) is 20.3. The van der Waals surface area contributed by atoms with Gasteiger partial charge in [-0.05, 0) is 29.8 Å². The molecule has 1 atom stereocenters. The van der Waals surface area contributed by atoms with E-state index in [-0.39, 0.29) is 31.1 Å². The lowest BCUT2D eigenvalue weighted by atomic mass is 10.1. The van der Waals surface area contributed by atoms with Crippen LogP contribution in [0.5, 0.6) is 5.75 Å².